The van der Waals surface area contributed by atoms with Gasteiger partial charge in [-0.3, -0.25) is 4.79 Å². The van der Waals surface area contributed by atoms with Crippen molar-refractivity contribution in [2.45, 2.75) is 0 Å². The van der Waals surface area contributed by atoms with Gasteiger partial charge in [0.1, 0.15) is 5.75 Å². The molecule has 0 aliphatic rings. The van der Waals surface area contributed by atoms with E-state index in [1.807, 2.05) is 5.92 Å². The van der Waals surface area contributed by atoms with Gasteiger partial charge in [-0.1, -0.05) is 0 Å². The lowest BCUT2D eigenvalue weighted by atomic mass is 10.1. The lowest BCUT2D eigenvalue weighted by Gasteiger charge is -2.03. The van der Waals surface area contributed by atoms with Crippen molar-refractivity contribution >= 4 is 21.7 Å². The van der Waals surface area contributed by atoms with Gasteiger partial charge in [0.25, 0.3) is 0 Å². The molecular weight excluding hydrogens is 232 g/mol. The third-order valence-corrected chi connectivity index (χ3v) is 2.16. The Morgan fingerprint density at radius 3 is 2.77 bits per heavy atom. The van der Waals surface area contributed by atoms with E-state index in [1.54, 1.807) is 25.3 Å². The van der Waals surface area contributed by atoms with Crippen LogP contribution in [0.2, 0.25) is 0 Å². The fourth-order valence-electron chi connectivity index (χ4n) is 0.891. The van der Waals surface area contributed by atoms with Crippen LogP contribution >= 0.6 is 15.9 Å². The molecule has 1 rings (SSSR count). The first-order valence-corrected chi connectivity index (χ1v) is 4.33. The van der Waals surface area contributed by atoms with Crippen molar-refractivity contribution in [1.29, 1.82) is 0 Å². The van der Waals surface area contributed by atoms with Crippen molar-refractivity contribution in [3.63, 3.8) is 0 Å². The second kappa shape index (κ2) is 4.11. The maximum Gasteiger partial charge on any atom is 0.235 e. The van der Waals surface area contributed by atoms with E-state index in [0.29, 0.717) is 11.3 Å². The van der Waals surface area contributed by atoms with E-state index < -0.39 is 0 Å². The summed E-state index contributed by atoms with van der Waals surface area (Å²) in [7, 11) is 1.56. The lowest BCUT2D eigenvalue weighted by molar-refractivity contribution is 0.105. The predicted molar refractivity (Wildman–Crippen MR) is 53.9 cm³/mol. The minimum atomic E-state index is -0.330. The summed E-state index contributed by atoms with van der Waals surface area (Å²) in [6.07, 6.45) is 4.98. The van der Waals surface area contributed by atoms with Crippen molar-refractivity contribution in [3.8, 4) is 18.1 Å². The topological polar surface area (TPSA) is 26.3 Å². The monoisotopic (exact) mass is 238 g/mol. The van der Waals surface area contributed by atoms with Crippen molar-refractivity contribution in [3.05, 3.63) is 28.2 Å². The van der Waals surface area contributed by atoms with E-state index in [1.165, 1.54) is 0 Å². The number of halogens is 1. The van der Waals surface area contributed by atoms with Crippen LogP contribution in [0.5, 0.6) is 5.75 Å². The summed E-state index contributed by atoms with van der Waals surface area (Å²) in [6.45, 7) is 0. The fraction of sp³-hybridized carbons (Fsp3) is 0.100. The van der Waals surface area contributed by atoms with Crippen molar-refractivity contribution in [2.75, 3.05) is 7.11 Å². The minimum Gasteiger partial charge on any atom is -0.496 e. The number of methoxy groups -OCH3 is 1. The summed E-state index contributed by atoms with van der Waals surface area (Å²) in [5, 5.41) is 0. The highest BCUT2D eigenvalue weighted by Gasteiger charge is 2.05. The van der Waals surface area contributed by atoms with Crippen LogP contribution in [0.4, 0.5) is 0 Å². The Balaban J connectivity index is 3.11. The zero-order valence-corrected chi connectivity index (χ0v) is 8.59. The summed E-state index contributed by atoms with van der Waals surface area (Å²) in [4.78, 5) is 11.1. The molecule has 0 aliphatic heterocycles. The molecule has 0 saturated heterocycles. The van der Waals surface area contributed by atoms with Crippen LogP contribution in [-0.4, -0.2) is 12.9 Å². The fourth-order valence-corrected chi connectivity index (χ4v) is 1.43. The van der Waals surface area contributed by atoms with Gasteiger partial charge in [-0.2, -0.15) is 0 Å². The average Bonchev–Trinajstić information content (AvgIpc) is 2.16. The molecule has 0 aromatic heterocycles. The van der Waals surface area contributed by atoms with Crippen molar-refractivity contribution in [2.24, 2.45) is 0 Å². The van der Waals surface area contributed by atoms with E-state index in [4.69, 9.17) is 11.2 Å². The van der Waals surface area contributed by atoms with Crippen LogP contribution < -0.4 is 4.74 Å². The van der Waals surface area contributed by atoms with Gasteiger partial charge in [-0.15, -0.1) is 6.42 Å². The molecule has 0 saturated carbocycles. The first-order valence-electron chi connectivity index (χ1n) is 3.53. The quantitative estimate of drug-likeness (QED) is 0.449. The molecule has 66 valence electrons. The highest BCUT2D eigenvalue weighted by atomic mass is 79.9. The van der Waals surface area contributed by atoms with Gasteiger partial charge >= 0.3 is 0 Å². The first kappa shape index (κ1) is 9.82. The van der Waals surface area contributed by atoms with E-state index in [2.05, 4.69) is 15.9 Å². The number of carbonyl (C=O) groups is 1. The Morgan fingerprint density at radius 1 is 1.62 bits per heavy atom. The molecule has 0 aliphatic carbocycles. The first-order chi connectivity index (χ1) is 6.19. The molecule has 1 aromatic carbocycles. The smallest absolute Gasteiger partial charge is 0.235 e. The maximum atomic E-state index is 11.1. The molecule has 1 aromatic rings. The summed E-state index contributed by atoms with van der Waals surface area (Å²) < 4.78 is 5.72. The maximum absolute atomic E-state index is 11.1. The van der Waals surface area contributed by atoms with E-state index >= 15 is 0 Å². The normalized spacial score (nSPS) is 9.00. The molecule has 2 nitrogen and oxygen atoms in total. The zero-order valence-electron chi connectivity index (χ0n) is 7.00. The molecule has 0 radical (unpaired) electrons. The van der Waals surface area contributed by atoms with Gasteiger partial charge in [0, 0.05) is 5.56 Å². The molecule has 0 heterocycles. The predicted octanol–water partition coefficient (Wildman–Crippen LogP) is 2.27. The summed E-state index contributed by atoms with van der Waals surface area (Å²) >= 11 is 3.26. The summed E-state index contributed by atoms with van der Waals surface area (Å²) in [5.41, 5.74) is 0.482. The third-order valence-electron chi connectivity index (χ3n) is 1.55. The van der Waals surface area contributed by atoms with E-state index in [0.717, 1.165) is 4.47 Å². The highest BCUT2D eigenvalue weighted by molar-refractivity contribution is 9.10. The Bertz CT molecular complexity index is 377. The Kier molecular flexibility index (Phi) is 3.10. The Labute approximate surface area is 85.0 Å². The number of ketones is 1. The number of hydrogen-bond acceptors (Lipinski definition) is 2. The standard InChI is InChI=1S/C10H7BrO2/c1-3-9(12)7-4-5-10(13-2)8(11)6-7/h1,4-6H,2H3. The van der Waals surface area contributed by atoms with Crippen molar-refractivity contribution in [1.82, 2.24) is 0 Å². The van der Waals surface area contributed by atoms with Crippen LogP contribution in [0.1, 0.15) is 10.4 Å². The van der Waals surface area contributed by atoms with Gasteiger partial charge in [-0.05, 0) is 40.0 Å². The molecule has 0 amide bonds. The van der Waals surface area contributed by atoms with E-state index in [9.17, 15) is 4.79 Å². The third kappa shape index (κ3) is 2.10. The van der Waals surface area contributed by atoms with E-state index in [-0.39, 0.29) is 5.78 Å². The molecule has 0 N–H and O–H groups in total. The number of Topliss-reactive ketones (excluding diaryl/α,β-unsaturated/α-hetero) is 1. The molecule has 0 fully saturated rings. The Hall–Kier alpha value is -1.27. The largest absolute Gasteiger partial charge is 0.496 e. The number of ether oxygens (including phenoxy) is 1. The van der Waals surface area contributed by atoms with Gasteiger partial charge < -0.3 is 4.74 Å². The SMILES string of the molecule is C#CC(=O)c1ccc(OC)c(Br)c1. The highest BCUT2D eigenvalue weighted by Crippen LogP contribution is 2.25. The summed E-state index contributed by atoms with van der Waals surface area (Å²) in [5.74, 6) is 2.39. The lowest BCUT2D eigenvalue weighted by Crippen LogP contribution is -1.95. The Morgan fingerprint density at radius 2 is 2.31 bits per heavy atom. The molecule has 0 spiro atoms. The number of carbonyl (C=O) groups excluding carboxylic acids is 1. The average molecular weight is 239 g/mol. The summed E-state index contributed by atoms with van der Waals surface area (Å²) in [6, 6.07) is 4.96. The number of rotatable bonds is 2. The minimum absolute atomic E-state index is 0.330. The van der Waals surface area contributed by atoms with Gasteiger partial charge in [0.05, 0.1) is 11.6 Å². The van der Waals surface area contributed by atoms with Gasteiger partial charge in [-0.25, -0.2) is 0 Å². The molecule has 0 atom stereocenters. The van der Waals surface area contributed by atoms with Crippen LogP contribution in [0.25, 0.3) is 0 Å². The number of hydrogen-bond donors (Lipinski definition) is 0. The second-order valence-electron chi connectivity index (χ2n) is 2.32. The van der Waals surface area contributed by atoms with Gasteiger partial charge in [0.15, 0.2) is 0 Å². The van der Waals surface area contributed by atoms with Crippen LogP contribution in [-0.2, 0) is 0 Å². The van der Waals surface area contributed by atoms with Crippen LogP contribution in [0.3, 0.4) is 0 Å². The molecule has 0 bridgehead atoms. The van der Waals surface area contributed by atoms with Gasteiger partial charge in [0.2, 0.25) is 5.78 Å². The van der Waals surface area contributed by atoms with Crippen LogP contribution in [0, 0.1) is 12.3 Å². The molecule has 3 heteroatoms. The van der Waals surface area contributed by atoms with Crippen molar-refractivity contribution < 1.29 is 9.53 Å². The molecule has 0 unspecified atom stereocenters. The number of terminal acetylenes is 1. The second-order valence-corrected chi connectivity index (χ2v) is 3.18. The zero-order chi connectivity index (χ0) is 9.84. The number of benzene rings is 1. The molecular formula is C10H7BrO2. The molecule has 13 heavy (non-hydrogen) atoms. The van der Waals surface area contributed by atoms with Crippen LogP contribution in [0.15, 0.2) is 22.7 Å².